The smallest absolute Gasteiger partial charge is 0.410 e. The van der Waals surface area contributed by atoms with Gasteiger partial charge in [-0.2, -0.15) is 0 Å². The maximum atomic E-state index is 15.8. The van der Waals surface area contributed by atoms with Gasteiger partial charge in [0, 0.05) is 78.1 Å². The van der Waals surface area contributed by atoms with Crippen molar-refractivity contribution in [3.63, 3.8) is 0 Å². The fourth-order valence-electron chi connectivity index (χ4n) is 12.9. The first kappa shape index (κ1) is 99.4. The molecule has 688 valence electrons. The maximum absolute atomic E-state index is 15.8. The number of halogens is 1. The van der Waals surface area contributed by atoms with Crippen LogP contribution in [0.15, 0.2) is 79.0 Å². The monoisotopic (exact) mass is 1810 g/mol. The number of primary amides is 1. The van der Waals surface area contributed by atoms with Crippen molar-refractivity contribution in [3.05, 3.63) is 129 Å². The number of para-hydroxylation sites is 1. The Morgan fingerprint density at radius 2 is 1.36 bits per heavy atom. The van der Waals surface area contributed by atoms with E-state index in [1.807, 2.05) is 50.2 Å². The number of aromatic nitrogens is 7. The van der Waals surface area contributed by atoms with E-state index in [-0.39, 0.29) is 107 Å². The van der Waals surface area contributed by atoms with Gasteiger partial charge in [-0.15, -0.1) is 26.6 Å². The first-order chi connectivity index (χ1) is 61.3. The fourth-order valence-corrected chi connectivity index (χ4v) is 14.8. The van der Waals surface area contributed by atoms with E-state index in [2.05, 4.69) is 68.9 Å². The van der Waals surface area contributed by atoms with Gasteiger partial charge in [0.15, 0.2) is 39.2 Å². The lowest BCUT2D eigenvalue weighted by Crippen LogP contribution is -2.54. The van der Waals surface area contributed by atoms with Gasteiger partial charge in [0.1, 0.15) is 37.5 Å². The number of carboxylic acids is 2. The highest BCUT2D eigenvalue weighted by Gasteiger charge is 2.33. The molecule has 0 spiro atoms. The van der Waals surface area contributed by atoms with Gasteiger partial charge in [-0.25, -0.2) is 33.4 Å². The number of imide groups is 1. The van der Waals surface area contributed by atoms with Crippen molar-refractivity contribution in [2.24, 2.45) is 11.7 Å². The van der Waals surface area contributed by atoms with E-state index in [1.54, 1.807) is 56.0 Å². The third-order valence-corrected chi connectivity index (χ3v) is 21.5. The number of aryl methyl sites for hydroxylation is 1. The van der Waals surface area contributed by atoms with Crippen LogP contribution in [0.5, 0.6) is 5.75 Å². The molecule has 9 N–H and O–H groups in total. The second-order valence-corrected chi connectivity index (χ2v) is 32.4. The van der Waals surface area contributed by atoms with Crippen LogP contribution in [0.3, 0.4) is 0 Å². The molecule has 0 bridgehead atoms. The first-order valence-corrected chi connectivity index (χ1v) is 43.4. The molecule has 7 aromatic rings. The Morgan fingerprint density at radius 3 is 2.01 bits per heavy atom. The van der Waals surface area contributed by atoms with Crippen LogP contribution in [0, 0.1) is 30.5 Å². The predicted molar refractivity (Wildman–Crippen MR) is 464 cm³/mol. The molecule has 39 nitrogen and oxygen atoms in total. The standard InChI is InChI=1S/C85H112FN17O22S2/c1-57(2)75(92-71(104)25-33-115-36-30-101-72(105)23-24-73(101)106)80(110)90-67(16-9-27-88-82(87)113)79(109)89-62-21-20-60(61(52-62)53-99(4)85(114)125-56-63-54-100(98-95-63)29-35-117-38-40-119-42-44-121-46-48-123-50-49-122-47-45-120-43-41-118-39-37-116-34-26-74(107)108)55-103(5,6)31-11-13-59-19-22-68(65(86)51-59)124-32-12-18-70-76(81(111)112)93-84(127-70)102-28-10-14-64-58(3)77(96-97-78(64)102)94-83-91-66-15-7-8-17-69(66)126-83/h7-8,15,17,19-24,51-52,54,57,67,75H,9-10,12,14,16,18,25-50,53,55-56H2,1-6H3,(H8-,87,88,89,90,91,92,94,96,104,107,108,109,110,111,112,113)/p+1/t67-,75-/m0/s1. The Labute approximate surface area is 742 Å². The van der Waals surface area contributed by atoms with Gasteiger partial charge in [-0.05, 0) is 105 Å². The molecule has 0 saturated carbocycles. The van der Waals surface area contributed by atoms with E-state index in [0.29, 0.717) is 175 Å². The summed E-state index contributed by atoms with van der Waals surface area (Å²) in [5, 5.41) is 51.8. The summed E-state index contributed by atoms with van der Waals surface area (Å²) in [6, 6.07) is 14.3. The number of hydrogen-bond donors (Lipinski definition) is 8. The quantitative estimate of drug-likeness (QED) is 0.00876. The number of nitrogens with two attached hydrogens (primary N) is 1. The third kappa shape index (κ3) is 34.1. The molecule has 42 heteroatoms. The lowest BCUT2D eigenvalue weighted by atomic mass is 10.0. The zero-order chi connectivity index (χ0) is 90.9. The molecule has 0 saturated heterocycles. The third-order valence-electron chi connectivity index (χ3n) is 19.5. The van der Waals surface area contributed by atoms with E-state index >= 15 is 4.39 Å². The number of amides is 8. The van der Waals surface area contributed by atoms with E-state index < -0.39 is 77.4 Å². The van der Waals surface area contributed by atoms with Gasteiger partial charge >= 0.3 is 24.1 Å². The molecule has 2 aliphatic heterocycles. The minimum absolute atomic E-state index is 0.00804. The van der Waals surface area contributed by atoms with Gasteiger partial charge in [-0.1, -0.05) is 54.5 Å². The Hall–Kier alpha value is -11.3. The lowest BCUT2D eigenvalue weighted by Gasteiger charge is -2.29. The molecule has 127 heavy (non-hydrogen) atoms. The van der Waals surface area contributed by atoms with Crippen molar-refractivity contribution in [2.45, 2.75) is 110 Å². The molecular weight excluding hydrogens is 1690 g/mol. The molecule has 9 rings (SSSR count). The summed E-state index contributed by atoms with van der Waals surface area (Å²) in [5.74, 6) is 1.48. The number of ether oxygens (including phenoxy) is 11. The molecular formula is C85H113FN17O22S2+. The van der Waals surface area contributed by atoms with E-state index in [4.69, 9.17) is 62.9 Å². The number of nitrogens with zero attached hydrogens (tertiary/aromatic N) is 11. The Bertz CT molecular complexity index is 4840. The van der Waals surface area contributed by atoms with Crippen molar-refractivity contribution in [2.75, 3.05) is 188 Å². The van der Waals surface area contributed by atoms with Crippen molar-refractivity contribution >= 4 is 114 Å². The highest BCUT2D eigenvalue weighted by atomic mass is 32.1. The predicted octanol–water partition coefficient (Wildman–Crippen LogP) is 6.47. The number of aromatic carboxylic acids is 1. The molecule has 0 radical (unpaired) electrons. The summed E-state index contributed by atoms with van der Waals surface area (Å²) < 4.78 is 79.7. The van der Waals surface area contributed by atoms with E-state index in [1.165, 1.54) is 39.7 Å². The fraction of sp³-hybridized carbons (Fsp3) is 0.518. The summed E-state index contributed by atoms with van der Waals surface area (Å²) in [7, 11) is 5.42. The Balaban J connectivity index is 0.754. The minimum atomic E-state index is -1.22. The van der Waals surface area contributed by atoms with Gasteiger partial charge in [0.2, 0.25) is 17.7 Å². The number of nitrogens with one attached hydrogen (secondary N) is 5. The summed E-state index contributed by atoms with van der Waals surface area (Å²) in [6.45, 7) is 12.4. The van der Waals surface area contributed by atoms with E-state index in [9.17, 15) is 48.3 Å². The number of urea groups is 1. The molecule has 0 unspecified atom stereocenters. The number of quaternary nitrogens is 1. The van der Waals surface area contributed by atoms with Crippen LogP contribution in [0.2, 0.25) is 0 Å². The number of hydrogen-bond acceptors (Lipinski definition) is 30. The summed E-state index contributed by atoms with van der Waals surface area (Å²) in [4.78, 5) is 128. The van der Waals surface area contributed by atoms with Crippen LogP contribution < -0.4 is 42.0 Å². The molecule has 6 heterocycles. The SMILES string of the molecule is Cc1c(Nc2nc3ccccc3s2)nnc2c1CCCN2c1nc(C(=O)O)c(CCCOc2ccc(C#CC[N+](C)(C)Cc3ccc(NC(=O)[C@H](CCCNC(N)=O)NC(=O)[C@@H](NC(=O)CCOCCN4C(=O)C=CC4=O)C(C)C)cc3CN(C)C(=O)OCc3cn(CCOCCOCCOCCOCCOCCOCCOCCOCCC(=O)O)nn3)cc2F)s1. The normalized spacial score (nSPS) is 13.0. The number of fused-ring (bicyclic) bond motifs is 2. The number of thiazole rings is 2. The molecule has 2 aliphatic rings. The van der Waals surface area contributed by atoms with Crippen LogP contribution in [-0.2, 0) is 115 Å². The molecule has 8 amide bonds. The number of anilines is 5. The van der Waals surface area contributed by atoms with Gasteiger partial charge in [-0.3, -0.25) is 33.7 Å². The summed E-state index contributed by atoms with van der Waals surface area (Å²) in [6.07, 6.45) is 5.40. The summed E-state index contributed by atoms with van der Waals surface area (Å²) >= 11 is 2.78. The van der Waals surface area contributed by atoms with Crippen molar-refractivity contribution < 1.29 is 114 Å². The first-order valence-electron chi connectivity index (χ1n) is 41.8. The zero-order valence-electron chi connectivity index (χ0n) is 72.2. The van der Waals surface area contributed by atoms with Crippen LogP contribution in [0.4, 0.5) is 41.6 Å². The maximum Gasteiger partial charge on any atom is 0.410 e. The Kier molecular flexibility index (Phi) is 41.3. The molecule has 0 aliphatic carbocycles. The highest BCUT2D eigenvalue weighted by Crippen LogP contribution is 2.40. The van der Waals surface area contributed by atoms with E-state index in [0.717, 1.165) is 56.8 Å². The van der Waals surface area contributed by atoms with Crippen molar-refractivity contribution in [3.8, 4) is 17.6 Å². The van der Waals surface area contributed by atoms with Crippen LogP contribution in [0.1, 0.15) is 101 Å². The van der Waals surface area contributed by atoms with Gasteiger partial charge in [0.25, 0.3) is 11.8 Å². The van der Waals surface area contributed by atoms with Gasteiger partial charge < -0.3 is 109 Å². The zero-order valence-corrected chi connectivity index (χ0v) is 73.9. The number of carbonyl (C=O) groups is 9. The topological polar surface area (TPSA) is 474 Å². The number of carbonyl (C=O) groups excluding carboxylic acids is 7. The lowest BCUT2D eigenvalue weighted by molar-refractivity contribution is -0.896. The van der Waals surface area contributed by atoms with Crippen molar-refractivity contribution in [1.82, 2.24) is 60.9 Å². The minimum Gasteiger partial charge on any atom is -0.491 e. The average Bonchev–Trinajstić information content (AvgIpc) is 1.75. The number of rotatable bonds is 59. The largest absolute Gasteiger partial charge is 0.491 e. The second kappa shape index (κ2) is 52.7. The molecule has 3 aromatic carbocycles. The number of aliphatic carboxylic acids is 1. The molecule has 0 fully saturated rings. The van der Waals surface area contributed by atoms with Crippen LogP contribution in [0.25, 0.3) is 10.2 Å². The van der Waals surface area contributed by atoms with Crippen molar-refractivity contribution in [1.29, 1.82) is 0 Å². The van der Waals surface area contributed by atoms with Gasteiger partial charge in [0.05, 0.1) is 176 Å². The molecule has 4 aromatic heterocycles. The number of benzene rings is 3. The summed E-state index contributed by atoms with van der Waals surface area (Å²) in [5.41, 5.74) is 10.4. The number of carboxylic acid groups (broad SMARTS) is 2. The Morgan fingerprint density at radius 1 is 0.717 bits per heavy atom. The molecule has 2 atom stereocenters. The van der Waals surface area contributed by atoms with Crippen LogP contribution >= 0.6 is 22.7 Å². The highest BCUT2D eigenvalue weighted by molar-refractivity contribution is 7.22. The second-order valence-electron chi connectivity index (χ2n) is 30.3. The van der Waals surface area contributed by atoms with Crippen LogP contribution in [-0.4, -0.2) is 298 Å². The average molecular weight is 1810 g/mol.